The van der Waals surface area contributed by atoms with Crippen LogP contribution in [0.2, 0.25) is 0 Å². The van der Waals surface area contributed by atoms with Crippen LogP contribution in [-0.2, 0) is 14.3 Å². The van der Waals surface area contributed by atoms with Crippen molar-refractivity contribution in [3.63, 3.8) is 0 Å². The first kappa shape index (κ1) is 13.3. The molecule has 0 radical (unpaired) electrons. The molecule has 2 saturated heterocycles. The molecular weight excluding hydrogens is 232 g/mol. The van der Waals surface area contributed by atoms with Crippen LogP contribution in [0, 0.1) is 5.92 Å². The van der Waals surface area contributed by atoms with Crippen LogP contribution in [0.25, 0.3) is 0 Å². The Balaban J connectivity index is 2.19. The maximum atomic E-state index is 12.1. The Labute approximate surface area is 108 Å². The van der Waals surface area contributed by atoms with E-state index in [4.69, 9.17) is 4.74 Å². The summed E-state index contributed by atoms with van der Waals surface area (Å²) in [6.45, 7) is 6.80. The quantitative estimate of drug-likeness (QED) is 0.799. The minimum Gasteiger partial charge on any atom is -0.376 e. The standard InChI is InChI=1S/C13H22N2O3/c1-8(2)12-13(17)14-7-11(16)15(12)9(3)10-5-4-6-18-10/h8-10,12H,4-7H2,1-3H3,(H,14,17). The third kappa shape index (κ3) is 2.36. The van der Waals surface area contributed by atoms with Crippen molar-refractivity contribution in [2.75, 3.05) is 13.2 Å². The zero-order valence-electron chi connectivity index (χ0n) is 11.3. The normalized spacial score (nSPS) is 30.8. The van der Waals surface area contributed by atoms with Crippen LogP contribution in [0.4, 0.5) is 0 Å². The van der Waals surface area contributed by atoms with Crippen LogP contribution in [0.5, 0.6) is 0 Å². The number of amides is 2. The molecule has 2 heterocycles. The number of nitrogens with one attached hydrogen (secondary N) is 1. The van der Waals surface area contributed by atoms with Gasteiger partial charge in [0.1, 0.15) is 6.04 Å². The lowest BCUT2D eigenvalue weighted by molar-refractivity contribution is -0.153. The van der Waals surface area contributed by atoms with Gasteiger partial charge in [-0.15, -0.1) is 0 Å². The Morgan fingerprint density at radius 3 is 2.61 bits per heavy atom. The maximum Gasteiger partial charge on any atom is 0.243 e. The van der Waals surface area contributed by atoms with Crippen LogP contribution in [-0.4, -0.2) is 48.1 Å². The Bertz CT molecular complexity index is 337. The van der Waals surface area contributed by atoms with Crippen molar-refractivity contribution in [1.29, 1.82) is 0 Å². The highest BCUT2D eigenvalue weighted by Gasteiger charge is 2.42. The summed E-state index contributed by atoms with van der Waals surface area (Å²) in [6, 6.07) is -0.399. The SMILES string of the molecule is CC(C)C1C(=O)NCC(=O)N1C(C)C1CCCO1. The van der Waals surface area contributed by atoms with Crippen LogP contribution in [0.3, 0.4) is 0 Å². The number of hydrogen-bond acceptors (Lipinski definition) is 3. The summed E-state index contributed by atoms with van der Waals surface area (Å²) < 4.78 is 5.65. The first-order valence-electron chi connectivity index (χ1n) is 6.73. The summed E-state index contributed by atoms with van der Waals surface area (Å²) in [6.07, 6.45) is 2.08. The van der Waals surface area contributed by atoms with Crippen molar-refractivity contribution >= 4 is 11.8 Å². The summed E-state index contributed by atoms with van der Waals surface area (Å²) >= 11 is 0. The van der Waals surface area contributed by atoms with E-state index in [1.54, 1.807) is 4.90 Å². The Hall–Kier alpha value is -1.10. The first-order chi connectivity index (χ1) is 8.52. The number of ether oxygens (including phenoxy) is 1. The van der Waals surface area contributed by atoms with Gasteiger partial charge in [-0.2, -0.15) is 0 Å². The highest BCUT2D eigenvalue weighted by atomic mass is 16.5. The van der Waals surface area contributed by atoms with Gasteiger partial charge in [0.15, 0.2) is 0 Å². The number of carbonyl (C=O) groups excluding carboxylic acids is 2. The molecule has 0 aliphatic carbocycles. The highest BCUT2D eigenvalue weighted by molar-refractivity contribution is 5.95. The van der Waals surface area contributed by atoms with E-state index in [-0.39, 0.29) is 42.5 Å². The van der Waals surface area contributed by atoms with Gasteiger partial charge in [0.25, 0.3) is 0 Å². The lowest BCUT2D eigenvalue weighted by Gasteiger charge is -2.42. The molecule has 0 bridgehead atoms. The fourth-order valence-corrected chi connectivity index (χ4v) is 2.91. The van der Waals surface area contributed by atoms with Gasteiger partial charge in [0.05, 0.1) is 18.7 Å². The van der Waals surface area contributed by atoms with E-state index >= 15 is 0 Å². The van der Waals surface area contributed by atoms with Gasteiger partial charge >= 0.3 is 0 Å². The van der Waals surface area contributed by atoms with Crippen molar-refractivity contribution in [2.24, 2.45) is 5.92 Å². The average Bonchev–Trinajstić information content (AvgIpc) is 2.84. The predicted molar refractivity (Wildman–Crippen MR) is 66.9 cm³/mol. The molecule has 18 heavy (non-hydrogen) atoms. The average molecular weight is 254 g/mol. The number of piperazine rings is 1. The van der Waals surface area contributed by atoms with E-state index in [1.165, 1.54) is 0 Å². The molecule has 1 N–H and O–H groups in total. The van der Waals surface area contributed by atoms with E-state index < -0.39 is 0 Å². The van der Waals surface area contributed by atoms with Crippen LogP contribution >= 0.6 is 0 Å². The Kier molecular flexibility index (Phi) is 3.90. The molecule has 2 rings (SSSR count). The number of nitrogens with zero attached hydrogens (tertiary/aromatic N) is 1. The van der Waals surface area contributed by atoms with Crippen LogP contribution in [0.15, 0.2) is 0 Å². The van der Waals surface area contributed by atoms with E-state index in [9.17, 15) is 9.59 Å². The fourth-order valence-electron chi connectivity index (χ4n) is 2.91. The van der Waals surface area contributed by atoms with Gasteiger partial charge < -0.3 is 15.0 Å². The summed E-state index contributed by atoms with van der Waals surface area (Å²) in [5.74, 6) is 0.0591. The predicted octanol–water partition coefficient (Wildman–Crippen LogP) is 0.537. The molecule has 3 atom stereocenters. The molecule has 102 valence electrons. The van der Waals surface area contributed by atoms with Crippen molar-refractivity contribution in [1.82, 2.24) is 10.2 Å². The maximum absolute atomic E-state index is 12.1. The van der Waals surface area contributed by atoms with Crippen molar-refractivity contribution in [3.8, 4) is 0 Å². The summed E-state index contributed by atoms with van der Waals surface area (Å²) in [5, 5.41) is 2.67. The Morgan fingerprint density at radius 2 is 2.06 bits per heavy atom. The minimum absolute atomic E-state index is 0.00343. The molecule has 5 heteroatoms. The number of hydrogen-bond donors (Lipinski definition) is 1. The van der Waals surface area contributed by atoms with Crippen LogP contribution in [0.1, 0.15) is 33.6 Å². The van der Waals surface area contributed by atoms with Crippen LogP contribution < -0.4 is 5.32 Å². The summed E-state index contributed by atoms with van der Waals surface area (Å²) in [5.41, 5.74) is 0. The van der Waals surface area contributed by atoms with E-state index in [1.807, 2.05) is 20.8 Å². The van der Waals surface area contributed by atoms with E-state index in [0.717, 1.165) is 19.4 Å². The van der Waals surface area contributed by atoms with Crippen molar-refractivity contribution in [2.45, 2.75) is 51.8 Å². The molecule has 3 unspecified atom stereocenters. The van der Waals surface area contributed by atoms with Gasteiger partial charge in [-0.25, -0.2) is 0 Å². The Morgan fingerprint density at radius 1 is 1.33 bits per heavy atom. The van der Waals surface area contributed by atoms with E-state index in [0.29, 0.717) is 0 Å². The first-order valence-corrected chi connectivity index (χ1v) is 6.73. The fraction of sp³-hybridized carbons (Fsp3) is 0.846. The molecule has 0 aromatic rings. The monoisotopic (exact) mass is 254 g/mol. The molecule has 2 fully saturated rings. The third-order valence-corrected chi connectivity index (χ3v) is 3.84. The second kappa shape index (κ2) is 5.26. The number of carbonyl (C=O) groups is 2. The number of rotatable bonds is 3. The molecular formula is C13H22N2O3. The second-order valence-corrected chi connectivity index (χ2v) is 5.50. The van der Waals surface area contributed by atoms with Gasteiger partial charge in [-0.3, -0.25) is 9.59 Å². The molecule has 0 aromatic heterocycles. The molecule has 0 saturated carbocycles. The molecule has 0 aromatic carbocycles. The van der Waals surface area contributed by atoms with Gasteiger partial charge in [0.2, 0.25) is 11.8 Å². The molecule has 2 aliphatic heterocycles. The topological polar surface area (TPSA) is 58.6 Å². The zero-order valence-corrected chi connectivity index (χ0v) is 11.3. The molecule has 2 amide bonds. The summed E-state index contributed by atoms with van der Waals surface area (Å²) in [4.78, 5) is 25.8. The third-order valence-electron chi connectivity index (χ3n) is 3.84. The minimum atomic E-state index is -0.370. The van der Waals surface area contributed by atoms with Crippen molar-refractivity contribution < 1.29 is 14.3 Å². The van der Waals surface area contributed by atoms with E-state index in [2.05, 4.69) is 5.32 Å². The van der Waals surface area contributed by atoms with Crippen molar-refractivity contribution in [3.05, 3.63) is 0 Å². The molecule has 0 spiro atoms. The van der Waals surface area contributed by atoms with Gasteiger partial charge in [-0.05, 0) is 25.7 Å². The lowest BCUT2D eigenvalue weighted by atomic mass is 9.95. The molecule has 2 aliphatic rings. The second-order valence-electron chi connectivity index (χ2n) is 5.50. The van der Waals surface area contributed by atoms with Gasteiger partial charge in [0, 0.05) is 6.61 Å². The van der Waals surface area contributed by atoms with Gasteiger partial charge in [-0.1, -0.05) is 13.8 Å². The lowest BCUT2D eigenvalue weighted by Crippen LogP contribution is -2.64. The largest absolute Gasteiger partial charge is 0.376 e. The zero-order chi connectivity index (χ0) is 13.3. The highest BCUT2D eigenvalue weighted by Crippen LogP contribution is 2.25. The molecule has 5 nitrogen and oxygen atoms in total. The smallest absolute Gasteiger partial charge is 0.243 e. The summed E-state index contributed by atoms with van der Waals surface area (Å²) in [7, 11) is 0.